The molecule has 0 amide bonds. The highest BCUT2D eigenvalue weighted by molar-refractivity contribution is 9.10. The lowest BCUT2D eigenvalue weighted by Crippen LogP contribution is -2.32. The third-order valence-corrected chi connectivity index (χ3v) is 5.79. The number of halogens is 4. The molecule has 1 aliphatic rings. The zero-order valence-electron chi connectivity index (χ0n) is 16.1. The zero-order valence-corrected chi connectivity index (χ0v) is 17.7. The number of nitrogens with zero attached hydrogens (tertiary/aromatic N) is 4. The van der Waals surface area contributed by atoms with Crippen LogP contribution in [0.2, 0.25) is 0 Å². The van der Waals surface area contributed by atoms with Crippen molar-refractivity contribution in [2.45, 2.75) is 26.4 Å². The smallest absolute Gasteiger partial charge is 0.409 e. The molecule has 2 aromatic heterocycles. The second kappa shape index (κ2) is 7.31. The molecular weight excluding hydrogens is 477 g/mol. The maximum Gasteiger partial charge on any atom is 0.535 e. The second-order valence-electron chi connectivity index (χ2n) is 6.91. The minimum Gasteiger partial charge on any atom is -0.409 e. The van der Waals surface area contributed by atoms with Gasteiger partial charge in [0.1, 0.15) is 17.1 Å². The van der Waals surface area contributed by atoms with Crippen LogP contribution in [0.25, 0.3) is 33.4 Å². The van der Waals surface area contributed by atoms with Crippen LogP contribution in [0, 0.1) is 5.82 Å². The molecule has 6 nitrogen and oxygen atoms in total. The van der Waals surface area contributed by atoms with E-state index in [1.54, 1.807) is 24.7 Å². The number of benzene rings is 2. The van der Waals surface area contributed by atoms with Gasteiger partial charge in [0.05, 0.1) is 19.1 Å². The van der Waals surface area contributed by atoms with Crippen molar-refractivity contribution in [2.24, 2.45) is 0 Å². The molecule has 1 aliphatic heterocycles. The van der Waals surface area contributed by atoms with Crippen molar-refractivity contribution < 1.29 is 22.6 Å². The molecule has 2 aromatic carbocycles. The summed E-state index contributed by atoms with van der Waals surface area (Å²) in [6.07, 6.45) is -0.494. The van der Waals surface area contributed by atoms with E-state index in [9.17, 15) is 13.2 Å². The summed E-state index contributed by atoms with van der Waals surface area (Å²) in [5, 5.41) is 8.21. The van der Waals surface area contributed by atoms with Crippen LogP contribution in [-0.4, -0.2) is 26.0 Å². The molecule has 4 aromatic rings. The first-order chi connectivity index (χ1) is 14.9. The summed E-state index contributed by atoms with van der Waals surface area (Å²) in [5.74, 6) is -0.582. The van der Waals surface area contributed by atoms with Crippen LogP contribution in [-0.2, 0) is 17.9 Å². The lowest BCUT2D eigenvalue weighted by Gasteiger charge is -2.27. The molecule has 10 heteroatoms. The Balaban J connectivity index is 1.69. The molecule has 0 bridgehead atoms. The number of hydrogen-bond donors (Lipinski definition) is 0. The first kappa shape index (κ1) is 20.0. The van der Waals surface area contributed by atoms with Gasteiger partial charge in [-0.15, -0.1) is 13.9 Å². The molecule has 3 heterocycles. The van der Waals surface area contributed by atoms with Gasteiger partial charge in [0, 0.05) is 33.3 Å². The molecule has 0 atom stereocenters. The van der Waals surface area contributed by atoms with Crippen molar-refractivity contribution in [3.05, 3.63) is 58.7 Å². The summed E-state index contributed by atoms with van der Waals surface area (Å²) in [5.41, 5.74) is 3.50. The molecule has 0 spiro atoms. The summed E-state index contributed by atoms with van der Waals surface area (Å²) in [4.78, 5) is 4.43. The predicted octanol–water partition coefficient (Wildman–Crippen LogP) is 5.54. The third-order valence-electron chi connectivity index (χ3n) is 5.12. The summed E-state index contributed by atoms with van der Waals surface area (Å²) in [6, 6.07) is 7.50. The fraction of sp³-hybridized carbons (Fsp3) is 0.190. The lowest BCUT2D eigenvalue weighted by atomic mass is 9.95. The Labute approximate surface area is 182 Å². The zero-order chi connectivity index (χ0) is 21.8. The largest absolute Gasteiger partial charge is 0.535 e. The summed E-state index contributed by atoms with van der Waals surface area (Å²) in [6.45, 7) is 2.22. The van der Waals surface area contributed by atoms with Gasteiger partial charge >= 0.3 is 6.29 Å². The minimum absolute atomic E-state index is 0.0612. The normalized spacial score (nSPS) is 15.0. The van der Waals surface area contributed by atoms with Crippen molar-refractivity contribution in [1.29, 1.82) is 0 Å². The molecule has 158 valence electrons. The van der Waals surface area contributed by atoms with E-state index in [0.29, 0.717) is 44.4 Å². The van der Waals surface area contributed by atoms with Crippen molar-refractivity contribution >= 4 is 27.1 Å². The molecule has 0 saturated carbocycles. The number of imidazole rings is 1. The van der Waals surface area contributed by atoms with Gasteiger partial charge < -0.3 is 9.30 Å². The Morgan fingerprint density at radius 1 is 1.19 bits per heavy atom. The van der Waals surface area contributed by atoms with E-state index in [1.807, 2.05) is 11.5 Å². The minimum atomic E-state index is -3.73. The first-order valence-corrected chi connectivity index (χ1v) is 10.2. The summed E-state index contributed by atoms with van der Waals surface area (Å²) < 4.78 is 53.5. The van der Waals surface area contributed by atoms with Gasteiger partial charge in [-0.2, -0.15) is 5.10 Å². The van der Waals surface area contributed by atoms with Crippen LogP contribution in [0.5, 0.6) is 5.75 Å². The number of hydrogen-bond acceptors (Lipinski definition) is 5. The summed E-state index contributed by atoms with van der Waals surface area (Å²) >= 11 is 3.40. The molecule has 31 heavy (non-hydrogen) atoms. The quantitative estimate of drug-likeness (QED) is 0.377. The van der Waals surface area contributed by atoms with E-state index in [4.69, 9.17) is 0 Å². The standard InChI is InChI=1S/C21H14BrF3N4O2/c1-2-29-10-26-19-13(8-27-28-20(19)29)11-3-5-16(23)12(7-11)18-14-9-30-21(24,25)31-17(14)6-4-15(18)22/h3-8,10H,2,9H2,1H3. The van der Waals surface area contributed by atoms with E-state index in [0.717, 1.165) is 0 Å². The van der Waals surface area contributed by atoms with Gasteiger partial charge in [0.2, 0.25) is 0 Å². The Kier molecular flexibility index (Phi) is 4.71. The van der Waals surface area contributed by atoms with Gasteiger partial charge in [-0.25, -0.2) is 9.37 Å². The number of alkyl halides is 2. The highest BCUT2D eigenvalue weighted by Gasteiger charge is 2.40. The number of aryl methyl sites for hydroxylation is 1. The van der Waals surface area contributed by atoms with Gasteiger partial charge in [-0.3, -0.25) is 4.74 Å². The number of ether oxygens (including phenoxy) is 2. The molecule has 5 rings (SSSR count). The third kappa shape index (κ3) is 3.35. The highest BCUT2D eigenvalue weighted by atomic mass is 79.9. The average molecular weight is 491 g/mol. The van der Waals surface area contributed by atoms with Gasteiger partial charge in [-0.1, -0.05) is 22.0 Å². The van der Waals surface area contributed by atoms with Crippen LogP contribution in [0.4, 0.5) is 13.2 Å². The van der Waals surface area contributed by atoms with Crippen molar-refractivity contribution in [3.8, 4) is 28.0 Å². The molecule has 0 unspecified atom stereocenters. The number of fused-ring (bicyclic) bond motifs is 2. The summed E-state index contributed by atoms with van der Waals surface area (Å²) in [7, 11) is 0. The van der Waals surface area contributed by atoms with E-state index < -0.39 is 18.7 Å². The van der Waals surface area contributed by atoms with Gasteiger partial charge in [0.15, 0.2) is 5.65 Å². The molecular formula is C21H14BrF3N4O2. The Bertz CT molecular complexity index is 1330. The van der Waals surface area contributed by atoms with Crippen LogP contribution < -0.4 is 4.74 Å². The van der Waals surface area contributed by atoms with Gasteiger partial charge in [-0.05, 0) is 36.8 Å². The van der Waals surface area contributed by atoms with E-state index in [-0.39, 0.29) is 11.3 Å². The van der Waals surface area contributed by atoms with Crippen LogP contribution in [0.15, 0.2) is 47.3 Å². The van der Waals surface area contributed by atoms with Crippen LogP contribution in [0.1, 0.15) is 12.5 Å². The molecule has 0 N–H and O–H groups in total. The predicted molar refractivity (Wildman–Crippen MR) is 110 cm³/mol. The van der Waals surface area contributed by atoms with Crippen LogP contribution in [0.3, 0.4) is 0 Å². The van der Waals surface area contributed by atoms with Gasteiger partial charge in [0.25, 0.3) is 0 Å². The first-order valence-electron chi connectivity index (χ1n) is 9.37. The Morgan fingerprint density at radius 3 is 2.84 bits per heavy atom. The Morgan fingerprint density at radius 2 is 2.03 bits per heavy atom. The maximum absolute atomic E-state index is 14.9. The lowest BCUT2D eigenvalue weighted by molar-refractivity contribution is -0.367. The average Bonchev–Trinajstić information content (AvgIpc) is 3.17. The maximum atomic E-state index is 14.9. The fourth-order valence-electron chi connectivity index (χ4n) is 3.64. The SMILES string of the molecule is CCn1cnc2c(-c3ccc(F)c(-c4c(Br)ccc5c4COC(F)(F)O5)c3)cnnc21. The topological polar surface area (TPSA) is 62.1 Å². The fourth-order valence-corrected chi connectivity index (χ4v) is 4.23. The molecule has 0 fully saturated rings. The Hall–Kier alpha value is -2.98. The van der Waals surface area contributed by atoms with E-state index in [2.05, 4.69) is 40.6 Å². The van der Waals surface area contributed by atoms with Crippen molar-refractivity contribution in [1.82, 2.24) is 19.7 Å². The van der Waals surface area contributed by atoms with Crippen molar-refractivity contribution in [3.63, 3.8) is 0 Å². The monoisotopic (exact) mass is 490 g/mol. The molecule has 0 saturated heterocycles. The number of rotatable bonds is 3. The molecule has 0 aliphatic carbocycles. The van der Waals surface area contributed by atoms with Crippen molar-refractivity contribution in [2.75, 3.05) is 0 Å². The molecule has 0 radical (unpaired) electrons. The second-order valence-corrected chi connectivity index (χ2v) is 7.76. The van der Waals surface area contributed by atoms with E-state index in [1.165, 1.54) is 18.2 Å². The van der Waals surface area contributed by atoms with E-state index >= 15 is 0 Å². The highest BCUT2D eigenvalue weighted by Crippen LogP contribution is 2.44. The van der Waals surface area contributed by atoms with Crippen LogP contribution >= 0.6 is 15.9 Å². The number of aromatic nitrogens is 4.